The summed E-state index contributed by atoms with van der Waals surface area (Å²) in [6.45, 7) is 11.1. The van der Waals surface area contributed by atoms with Gasteiger partial charge in [0.1, 0.15) is 5.56 Å². The van der Waals surface area contributed by atoms with E-state index in [4.69, 9.17) is 15.2 Å². The van der Waals surface area contributed by atoms with Crippen molar-refractivity contribution in [3.8, 4) is 11.5 Å². The van der Waals surface area contributed by atoms with Crippen LogP contribution in [0.1, 0.15) is 57.5 Å². The smallest absolute Gasteiger partial charge is 0.316 e. The van der Waals surface area contributed by atoms with Gasteiger partial charge in [0.2, 0.25) is 0 Å². The van der Waals surface area contributed by atoms with Crippen molar-refractivity contribution in [1.82, 2.24) is 0 Å². The summed E-state index contributed by atoms with van der Waals surface area (Å²) in [6, 6.07) is 8.56. The molecule has 7 nitrogen and oxygen atoms in total. The number of hydrogen-bond donors (Lipinski definition) is 1. The van der Waals surface area contributed by atoms with Gasteiger partial charge < -0.3 is 27.6 Å². The number of nitrogens with two attached hydrogens (primary N) is 1. The van der Waals surface area contributed by atoms with Crippen LogP contribution < -0.4 is 32.2 Å². The molecule has 1 aromatic carbocycles. The third-order valence-electron chi connectivity index (χ3n) is 4.44. The zero-order valence-electron chi connectivity index (χ0n) is 19.4. The van der Waals surface area contributed by atoms with Gasteiger partial charge in [-0.2, -0.15) is 0 Å². The van der Waals surface area contributed by atoms with Crippen LogP contribution in [0.25, 0.3) is 0 Å². The fourth-order valence-electron chi connectivity index (χ4n) is 2.44. The first kappa shape index (κ1) is 27.1. The maximum Gasteiger partial charge on any atom is 0.316 e. The highest BCUT2D eigenvalue weighted by atomic mass is 35.5. The first-order chi connectivity index (χ1) is 14.3. The first-order valence-electron chi connectivity index (χ1n) is 10.1. The quantitative estimate of drug-likeness (QED) is 0.376. The Morgan fingerprint density at radius 1 is 0.906 bits per heavy atom. The number of halogens is 1. The number of pyridine rings is 1. The predicted octanol–water partition coefficient (Wildman–Crippen LogP) is 0.223. The van der Waals surface area contributed by atoms with Crippen LogP contribution in [-0.2, 0) is 22.6 Å². The molecule has 32 heavy (non-hydrogen) atoms. The number of aromatic nitrogens is 1. The summed E-state index contributed by atoms with van der Waals surface area (Å²) in [5, 5.41) is 0. The van der Waals surface area contributed by atoms with Gasteiger partial charge in [0.15, 0.2) is 30.4 Å². The van der Waals surface area contributed by atoms with Gasteiger partial charge in [0.05, 0.1) is 10.8 Å². The summed E-state index contributed by atoms with van der Waals surface area (Å²) in [6.07, 6.45) is 4.12. The highest BCUT2D eigenvalue weighted by molar-refractivity contribution is 5.92. The van der Waals surface area contributed by atoms with Gasteiger partial charge in [-0.25, -0.2) is 4.57 Å². The van der Waals surface area contributed by atoms with Gasteiger partial charge in [-0.15, -0.1) is 0 Å². The van der Waals surface area contributed by atoms with E-state index in [0.29, 0.717) is 18.5 Å². The Balaban J connectivity index is 0.00000512. The summed E-state index contributed by atoms with van der Waals surface area (Å²) in [7, 11) is 0. The van der Waals surface area contributed by atoms with Gasteiger partial charge in [-0.3, -0.25) is 14.4 Å². The Kier molecular flexibility index (Phi) is 8.97. The molecule has 174 valence electrons. The molecule has 0 aliphatic heterocycles. The number of primary amides is 1. The van der Waals surface area contributed by atoms with Gasteiger partial charge in [0, 0.05) is 12.5 Å². The Labute approximate surface area is 195 Å². The highest BCUT2D eigenvalue weighted by Gasteiger charge is 2.28. The molecule has 1 heterocycles. The van der Waals surface area contributed by atoms with Crippen LogP contribution >= 0.6 is 0 Å². The van der Waals surface area contributed by atoms with Crippen molar-refractivity contribution in [2.75, 3.05) is 0 Å². The first-order valence-corrected chi connectivity index (χ1v) is 10.1. The lowest BCUT2D eigenvalue weighted by atomic mass is 9.97. The maximum atomic E-state index is 12.5. The molecule has 2 N–H and O–H groups in total. The molecule has 0 radical (unpaired) electrons. The van der Waals surface area contributed by atoms with E-state index in [-0.39, 0.29) is 23.9 Å². The Morgan fingerprint density at radius 3 is 2.00 bits per heavy atom. The SMILES string of the molecule is CC(C)(C)C(=O)Oc1ccc(CC[n+]2cccc(C(N)=O)c2)cc1OC(=O)C(C)(C)C.[Cl-]. The number of carbonyl (C=O) groups excluding carboxylic acids is 3. The molecular weight excluding hydrogens is 432 g/mol. The van der Waals surface area contributed by atoms with E-state index in [1.807, 2.05) is 16.8 Å². The van der Waals surface area contributed by atoms with Crippen LogP contribution in [0.2, 0.25) is 0 Å². The number of rotatable bonds is 6. The number of ether oxygens (including phenoxy) is 2. The molecule has 1 aromatic heterocycles. The molecular formula is C24H31ClN2O5. The third kappa shape index (κ3) is 7.64. The largest absolute Gasteiger partial charge is 1.00 e. The van der Waals surface area contributed by atoms with Crippen LogP contribution in [0.15, 0.2) is 42.7 Å². The lowest BCUT2D eigenvalue weighted by Crippen LogP contribution is -3.00. The zero-order chi connectivity index (χ0) is 23.4. The van der Waals surface area contributed by atoms with Crippen LogP contribution in [0.5, 0.6) is 11.5 Å². The van der Waals surface area contributed by atoms with E-state index >= 15 is 0 Å². The number of esters is 2. The van der Waals surface area contributed by atoms with E-state index < -0.39 is 28.7 Å². The fourth-order valence-corrected chi connectivity index (χ4v) is 2.44. The van der Waals surface area contributed by atoms with Crippen LogP contribution in [0, 0.1) is 10.8 Å². The van der Waals surface area contributed by atoms with Crippen molar-refractivity contribution < 1.29 is 40.8 Å². The van der Waals surface area contributed by atoms with E-state index in [2.05, 4.69) is 0 Å². The molecule has 1 amide bonds. The second kappa shape index (κ2) is 10.6. The van der Waals surface area contributed by atoms with Crippen LogP contribution in [0.3, 0.4) is 0 Å². The van der Waals surface area contributed by atoms with Crippen molar-refractivity contribution >= 4 is 17.8 Å². The van der Waals surface area contributed by atoms with Crippen molar-refractivity contribution in [3.63, 3.8) is 0 Å². The number of nitrogens with zero attached hydrogens (tertiary/aromatic N) is 1. The fraction of sp³-hybridized carbons (Fsp3) is 0.417. The molecule has 0 atom stereocenters. The standard InChI is InChI=1S/C24H30N2O5.ClH/c1-23(2,3)21(28)30-18-10-9-16(14-19(18)31-22(29)24(4,5)6)11-13-26-12-7-8-17(15-26)20(25)27;/h7-10,12,14-15H,11,13H2,1-6H3,(H-,25,27);1H. The maximum absolute atomic E-state index is 12.5. The van der Waals surface area contributed by atoms with Gasteiger partial charge >= 0.3 is 11.9 Å². The summed E-state index contributed by atoms with van der Waals surface area (Å²) in [5.41, 5.74) is 5.22. The predicted molar refractivity (Wildman–Crippen MR) is 115 cm³/mol. The minimum absolute atomic E-state index is 0. The number of benzene rings is 1. The van der Waals surface area contributed by atoms with Crippen LogP contribution in [-0.4, -0.2) is 17.8 Å². The topological polar surface area (TPSA) is 99.6 Å². The lowest BCUT2D eigenvalue weighted by molar-refractivity contribution is -0.696. The van der Waals surface area contributed by atoms with Gasteiger partial charge in [-0.05, 0) is 65.3 Å². The summed E-state index contributed by atoms with van der Waals surface area (Å²) >= 11 is 0. The molecule has 2 aromatic rings. The van der Waals surface area contributed by atoms with Crippen molar-refractivity contribution in [1.29, 1.82) is 0 Å². The molecule has 2 rings (SSSR count). The van der Waals surface area contributed by atoms with E-state index in [0.717, 1.165) is 5.56 Å². The molecule has 0 aliphatic rings. The Bertz CT molecular complexity index is 991. The molecule has 0 unspecified atom stereocenters. The van der Waals surface area contributed by atoms with Gasteiger partial charge in [0.25, 0.3) is 5.91 Å². The molecule has 0 fully saturated rings. The zero-order valence-corrected chi connectivity index (χ0v) is 20.2. The Hall–Kier alpha value is -2.93. The summed E-state index contributed by atoms with van der Waals surface area (Å²) < 4.78 is 12.9. The number of carbonyl (C=O) groups is 3. The van der Waals surface area contributed by atoms with Gasteiger partial charge in [-0.1, -0.05) is 6.07 Å². The summed E-state index contributed by atoms with van der Waals surface area (Å²) in [4.78, 5) is 36.2. The Morgan fingerprint density at radius 2 is 1.47 bits per heavy atom. The molecule has 0 spiro atoms. The number of amides is 1. The highest BCUT2D eigenvalue weighted by Crippen LogP contribution is 2.32. The number of hydrogen-bond acceptors (Lipinski definition) is 5. The average molecular weight is 463 g/mol. The lowest BCUT2D eigenvalue weighted by Gasteiger charge is -2.20. The van der Waals surface area contributed by atoms with Crippen molar-refractivity contribution in [3.05, 3.63) is 53.9 Å². The van der Waals surface area contributed by atoms with Crippen molar-refractivity contribution in [2.45, 2.75) is 54.5 Å². The molecule has 8 heteroatoms. The molecule has 0 aliphatic carbocycles. The second-order valence-corrected chi connectivity index (χ2v) is 9.50. The van der Waals surface area contributed by atoms with E-state index in [1.54, 1.807) is 72.0 Å². The summed E-state index contributed by atoms with van der Waals surface area (Å²) in [5.74, 6) is -0.945. The second-order valence-electron chi connectivity index (χ2n) is 9.50. The van der Waals surface area contributed by atoms with E-state index in [1.165, 1.54) is 0 Å². The molecule has 0 saturated heterocycles. The average Bonchev–Trinajstić information content (AvgIpc) is 2.66. The minimum Gasteiger partial charge on any atom is -1.00 e. The third-order valence-corrected chi connectivity index (χ3v) is 4.44. The van der Waals surface area contributed by atoms with E-state index in [9.17, 15) is 14.4 Å². The monoisotopic (exact) mass is 462 g/mol. The number of aryl methyl sites for hydroxylation is 2. The minimum atomic E-state index is -0.716. The molecule has 0 saturated carbocycles. The van der Waals surface area contributed by atoms with Crippen LogP contribution in [0.4, 0.5) is 0 Å². The molecule has 0 bridgehead atoms. The van der Waals surface area contributed by atoms with Crippen molar-refractivity contribution in [2.24, 2.45) is 16.6 Å². The normalized spacial score (nSPS) is 11.3.